The molecule has 0 bridgehead atoms. The minimum Gasteiger partial charge on any atom is -0.325 e. The van der Waals surface area contributed by atoms with Gasteiger partial charge in [-0.1, -0.05) is 19.3 Å². The summed E-state index contributed by atoms with van der Waals surface area (Å²) in [7, 11) is 1.62. The van der Waals surface area contributed by atoms with Crippen molar-refractivity contribution >= 4 is 11.8 Å². The summed E-state index contributed by atoms with van der Waals surface area (Å²) in [6.45, 7) is 1.55. The highest BCUT2D eigenvalue weighted by atomic mass is 16.2. The second-order valence-corrected chi connectivity index (χ2v) is 4.91. The Balaban J connectivity index is 1.98. The van der Waals surface area contributed by atoms with Crippen LogP contribution < -0.4 is 10.9 Å². The van der Waals surface area contributed by atoms with Crippen molar-refractivity contribution in [3.8, 4) is 0 Å². The molecule has 1 aliphatic rings. The number of aryl methyl sites for hydroxylation is 1. The predicted molar refractivity (Wildman–Crippen MR) is 73.2 cm³/mol. The fraction of sp³-hybridized carbons (Fsp3) is 0.615. The molecule has 1 aromatic heterocycles. The Bertz CT molecular complexity index is 490. The smallest absolute Gasteiger partial charge is 0.323 e. The van der Waals surface area contributed by atoms with Crippen LogP contribution in [0.3, 0.4) is 0 Å². The molecule has 0 aromatic carbocycles. The van der Waals surface area contributed by atoms with Gasteiger partial charge in [0.25, 0.3) is 5.56 Å². The van der Waals surface area contributed by atoms with Crippen molar-refractivity contribution in [3.63, 3.8) is 0 Å². The van der Waals surface area contributed by atoms with Crippen molar-refractivity contribution in [2.75, 3.05) is 18.4 Å². The molecule has 0 saturated carbocycles. The van der Waals surface area contributed by atoms with E-state index in [1.165, 1.54) is 36.2 Å². The summed E-state index contributed by atoms with van der Waals surface area (Å²) in [6, 6.07) is 1.17. The van der Waals surface area contributed by atoms with Crippen molar-refractivity contribution in [3.05, 3.63) is 22.7 Å². The number of urea groups is 1. The Labute approximate surface area is 112 Å². The first-order valence-electron chi connectivity index (χ1n) is 6.75. The molecule has 104 valence electrons. The summed E-state index contributed by atoms with van der Waals surface area (Å²) in [5.41, 5.74) is -0.182. The molecule has 1 aliphatic heterocycles. The third-order valence-electron chi connectivity index (χ3n) is 3.36. The van der Waals surface area contributed by atoms with Gasteiger partial charge < -0.3 is 9.47 Å². The van der Waals surface area contributed by atoms with E-state index in [-0.39, 0.29) is 11.6 Å². The molecule has 2 heterocycles. The average molecular weight is 264 g/mol. The first-order chi connectivity index (χ1) is 9.16. The fourth-order valence-electron chi connectivity index (χ4n) is 2.17. The average Bonchev–Trinajstić information content (AvgIpc) is 2.33. The van der Waals surface area contributed by atoms with Crippen LogP contribution in [0, 0.1) is 0 Å². The molecule has 1 aromatic rings. The number of amides is 2. The number of hydrogen-bond donors (Lipinski definition) is 1. The van der Waals surface area contributed by atoms with E-state index in [1.807, 2.05) is 0 Å². The van der Waals surface area contributed by atoms with E-state index in [0.29, 0.717) is 5.82 Å². The molecule has 1 saturated heterocycles. The molecule has 0 unspecified atom stereocenters. The first-order valence-corrected chi connectivity index (χ1v) is 6.75. The summed E-state index contributed by atoms with van der Waals surface area (Å²) in [5.74, 6) is 0.315. The summed E-state index contributed by atoms with van der Waals surface area (Å²) >= 11 is 0. The van der Waals surface area contributed by atoms with E-state index in [1.54, 1.807) is 11.9 Å². The van der Waals surface area contributed by atoms with Crippen molar-refractivity contribution in [2.45, 2.75) is 32.1 Å². The molecule has 6 nitrogen and oxygen atoms in total. The molecular formula is C13H20N4O2. The van der Waals surface area contributed by atoms with Crippen LogP contribution in [0.2, 0.25) is 0 Å². The summed E-state index contributed by atoms with van der Waals surface area (Å²) in [4.78, 5) is 29.4. The summed E-state index contributed by atoms with van der Waals surface area (Å²) in [5, 5.41) is 2.69. The zero-order chi connectivity index (χ0) is 13.7. The molecule has 0 aliphatic carbocycles. The van der Waals surface area contributed by atoms with Gasteiger partial charge in [0.15, 0.2) is 0 Å². The highest BCUT2D eigenvalue weighted by Crippen LogP contribution is 2.11. The van der Waals surface area contributed by atoms with Gasteiger partial charge in [-0.3, -0.25) is 10.1 Å². The van der Waals surface area contributed by atoms with Gasteiger partial charge in [0.2, 0.25) is 0 Å². The highest BCUT2D eigenvalue weighted by Gasteiger charge is 2.15. The highest BCUT2D eigenvalue weighted by molar-refractivity contribution is 5.88. The molecule has 0 atom stereocenters. The van der Waals surface area contributed by atoms with Crippen molar-refractivity contribution < 1.29 is 4.79 Å². The zero-order valence-electron chi connectivity index (χ0n) is 11.3. The molecule has 2 rings (SSSR count). The van der Waals surface area contributed by atoms with Gasteiger partial charge in [-0.2, -0.15) is 0 Å². The Morgan fingerprint density at radius 2 is 1.84 bits per heavy atom. The van der Waals surface area contributed by atoms with Crippen LogP contribution in [0.25, 0.3) is 0 Å². The molecule has 6 heteroatoms. The van der Waals surface area contributed by atoms with Crippen molar-refractivity contribution in [1.29, 1.82) is 0 Å². The van der Waals surface area contributed by atoms with E-state index < -0.39 is 0 Å². The number of hydrogen-bond acceptors (Lipinski definition) is 3. The maximum absolute atomic E-state index is 12.1. The van der Waals surface area contributed by atoms with E-state index >= 15 is 0 Å². The predicted octanol–water partition coefficient (Wildman–Crippen LogP) is 1.58. The van der Waals surface area contributed by atoms with Gasteiger partial charge >= 0.3 is 6.03 Å². The maximum atomic E-state index is 12.1. The number of nitrogens with zero attached hydrogens (tertiary/aromatic N) is 3. The van der Waals surface area contributed by atoms with Gasteiger partial charge in [0.05, 0.1) is 6.33 Å². The number of aromatic nitrogens is 2. The number of anilines is 1. The second kappa shape index (κ2) is 6.36. The quantitative estimate of drug-likeness (QED) is 0.837. The van der Waals surface area contributed by atoms with Crippen LogP contribution in [0.4, 0.5) is 10.6 Å². The maximum Gasteiger partial charge on any atom is 0.323 e. The monoisotopic (exact) mass is 264 g/mol. The van der Waals surface area contributed by atoms with Crippen LogP contribution in [-0.2, 0) is 7.05 Å². The van der Waals surface area contributed by atoms with Crippen molar-refractivity contribution in [2.24, 2.45) is 7.05 Å². The lowest BCUT2D eigenvalue weighted by atomic mass is 10.1. The minimum absolute atomic E-state index is 0.164. The summed E-state index contributed by atoms with van der Waals surface area (Å²) < 4.78 is 1.37. The molecule has 2 amide bonds. The minimum atomic E-state index is -0.182. The number of nitrogens with one attached hydrogen (secondary N) is 1. The molecule has 0 radical (unpaired) electrons. The zero-order valence-corrected chi connectivity index (χ0v) is 11.3. The standard InChI is InChI=1S/C13H20N4O2/c1-16-10-14-11(9-12(16)18)15-13(19)17-7-5-3-2-4-6-8-17/h9-10H,2-8H2,1H3,(H,15,19). The van der Waals surface area contributed by atoms with Gasteiger partial charge in [-0.05, 0) is 12.8 Å². The van der Waals surface area contributed by atoms with Crippen LogP contribution in [0.15, 0.2) is 17.2 Å². The molecule has 1 N–H and O–H groups in total. The second-order valence-electron chi connectivity index (χ2n) is 4.91. The van der Waals surface area contributed by atoms with Gasteiger partial charge in [-0.25, -0.2) is 9.78 Å². The lowest BCUT2D eigenvalue weighted by Gasteiger charge is -2.24. The van der Waals surface area contributed by atoms with Gasteiger partial charge in [0.1, 0.15) is 5.82 Å². The number of carbonyl (C=O) groups is 1. The van der Waals surface area contributed by atoms with E-state index in [0.717, 1.165) is 25.9 Å². The largest absolute Gasteiger partial charge is 0.325 e. The first kappa shape index (κ1) is 13.6. The Morgan fingerprint density at radius 3 is 2.47 bits per heavy atom. The van der Waals surface area contributed by atoms with Crippen molar-refractivity contribution in [1.82, 2.24) is 14.5 Å². The Kier molecular flexibility index (Phi) is 4.54. The SMILES string of the molecule is Cn1cnc(NC(=O)N2CCCCCCC2)cc1=O. The molecule has 1 fully saturated rings. The number of rotatable bonds is 1. The topological polar surface area (TPSA) is 67.2 Å². The molecule has 0 spiro atoms. The molecule has 19 heavy (non-hydrogen) atoms. The lowest BCUT2D eigenvalue weighted by Crippen LogP contribution is -2.37. The summed E-state index contributed by atoms with van der Waals surface area (Å²) in [6.07, 6.45) is 7.09. The normalized spacial score (nSPS) is 16.6. The molecular weight excluding hydrogens is 244 g/mol. The number of carbonyl (C=O) groups excluding carboxylic acids is 1. The third kappa shape index (κ3) is 3.81. The van der Waals surface area contributed by atoms with E-state index in [4.69, 9.17) is 0 Å². The van der Waals surface area contributed by atoms with E-state index in [9.17, 15) is 9.59 Å². The lowest BCUT2D eigenvalue weighted by molar-refractivity contribution is 0.206. The van der Waals surface area contributed by atoms with Gasteiger partial charge in [0, 0.05) is 26.2 Å². The Hall–Kier alpha value is -1.85. The number of likely N-dealkylation sites (tertiary alicyclic amines) is 1. The van der Waals surface area contributed by atoms with E-state index in [2.05, 4.69) is 10.3 Å². The fourth-order valence-corrected chi connectivity index (χ4v) is 2.17. The Morgan fingerprint density at radius 1 is 1.21 bits per heavy atom. The third-order valence-corrected chi connectivity index (χ3v) is 3.36. The van der Waals surface area contributed by atoms with Gasteiger partial charge in [-0.15, -0.1) is 0 Å². The van der Waals surface area contributed by atoms with Crippen LogP contribution in [0.1, 0.15) is 32.1 Å². The van der Waals surface area contributed by atoms with Crippen LogP contribution in [0.5, 0.6) is 0 Å². The van der Waals surface area contributed by atoms with Crippen LogP contribution in [-0.4, -0.2) is 33.6 Å². The van der Waals surface area contributed by atoms with Crippen LogP contribution >= 0.6 is 0 Å².